The van der Waals surface area contributed by atoms with Crippen LogP contribution < -0.4 is 5.32 Å². The zero-order valence-electron chi connectivity index (χ0n) is 11.9. The molecule has 1 aliphatic rings. The first-order valence-electron chi connectivity index (χ1n) is 7.07. The van der Waals surface area contributed by atoms with Gasteiger partial charge < -0.3 is 10.4 Å². The van der Waals surface area contributed by atoms with Gasteiger partial charge in [-0.2, -0.15) is 5.10 Å². The molecule has 2 N–H and O–H groups in total. The summed E-state index contributed by atoms with van der Waals surface area (Å²) >= 11 is 6.22. The van der Waals surface area contributed by atoms with E-state index in [-0.39, 0.29) is 12.0 Å². The van der Waals surface area contributed by atoms with Crippen molar-refractivity contribution in [3.05, 3.63) is 16.4 Å². The van der Waals surface area contributed by atoms with Gasteiger partial charge in [-0.25, -0.2) is 0 Å². The number of rotatable bonds is 5. The largest absolute Gasteiger partial charge is 0.396 e. The molecule has 1 heterocycles. The predicted octanol–water partition coefficient (Wildman–Crippen LogP) is 2.41. The second-order valence-corrected chi connectivity index (χ2v) is 6.16. The minimum absolute atomic E-state index is 0.0703. The number of nitrogens with one attached hydrogen (secondary N) is 1. The van der Waals surface area contributed by atoms with E-state index in [9.17, 15) is 5.11 Å². The van der Waals surface area contributed by atoms with Crippen LogP contribution in [0.4, 0.5) is 0 Å². The van der Waals surface area contributed by atoms with Crippen molar-refractivity contribution in [2.75, 3.05) is 13.2 Å². The van der Waals surface area contributed by atoms with Gasteiger partial charge in [0.25, 0.3) is 0 Å². The van der Waals surface area contributed by atoms with Crippen molar-refractivity contribution in [2.24, 2.45) is 12.5 Å². The Kier molecular flexibility index (Phi) is 4.87. The smallest absolute Gasteiger partial charge is 0.131 e. The summed E-state index contributed by atoms with van der Waals surface area (Å²) in [6.07, 6.45) is 6.01. The van der Waals surface area contributed by atoms with Crippen LogP contribution in [0.5, 0.6) is 0 Å². The van der Waals surface area contributed by atoms with Gasteiger partial charge in [-0.1, -0.05) is 30.9 Å². The Morgan fingerprint density at radius 2 is 2.05 bits per heavy atom. The van der Waals surface area contributed by atoms with Crippen molar-refractivity contribution in [2.45, 2.75) is 45.6 Å². The normalized spacial score (nSPS) is 18.7. The summed E-state index contributed by atoms with van der Waals surface area (Å²) < 4.78 is 1.70. The molecule has 1 aliphatic carbocycles. The van der Waals surface area contributed by atoms with E-state index in [2.05, 4.69) is 10.4 Å². The summed E-state index contributed by atoms with van der Waals surface area (Å²) in [5.41, 5.74) is 2.11. The van der Waals surface area contributed by atoms with Gasteiger partial charge in [0, 0.05) is 37.7 Å². The summed E-state index contributed by atoms with van der Waals surface area (Å²) in [6, 6.07) is 0. The van der Waals surface area contributed by atoms with Crippen LogP contribution in [0, 0.1) is 12.3 Å². The van der Waals surface area contributed by atoms with Gasteiger partial charge in [-0.15, -0.1) is 0 Å². The minimum Gasteiger partial charge on any atom is -0.396 e. The number of hydrogen-bond donors (Lipinski definition) is 2. The summed E-state index contributed by atoms with van der Waals surface area (Å²) in [5, 5.41) is 18.1. The Hall–Kier alpha value is -0.580. The molecule has 4 nitrogen and oxygen atoms in total. The molecule has 0 bridgehead atoms. The minimum atomic E-state index is 0.0703. The fourth-order valence-electron chi connectivity index (χ4n) is 3.02. The molecule has 1 aromatic heterocycles. The van der Waals surface area contributed by atoms with E-state index < -0.39 is 0 Å². The van der Waals surface area contributed by atoms with Gasteiger partial charge in [0.15, 0.2) is 0 Å². The Morgan fingerprint density at radius 1 is 1.37 bits per heavy atom. The van der Waals surface area contributed by atoms with Crippen LogP contribution in [0.1, 0.15) is 43.4 Å². The van der Waals surface area contributed by atoms with Crippen LogP contribution in [0.2, 0.25) is 5.15 Å². The molecule has 2 rings (SSSR count). The van der Waals surface area contributed by atoms with Gasteiger partial charge in [0.1, 0.15) is 5.15 Å². The summed E-state index contributed by atoms with van der Waals surface area (Å²) in [5.74, 6) is 0. The van der Waals surface area contributed by atoms with Crippen molar-refractivity contribution in [1.82, 2.24) is 15.1 Å². The van der Waals surface area contributed by atoms with E-state index in [1.807, 2.05) is 14.0 Å². The number of aryl methyl sites for hydroxylation is 2. The average molecular weight is 286 g/mol. The van der Waals surface area contributed by atoms with Crippen LogP contribution >= 0.6 is 11.6 Å². The maximum Gasteiger partial charge on any atom is 0.131 e. The van der Waals surface area contributed by atoms with Crippen LogP contribution in [-0.4, -0.2) is 28.0 Å². The highest BCUT2D eigenvalue weighted by Crippen LogP contribution is 2.35. The molecule has 1 saturated carbocycles. The first kappa shape index (κ1) is 14.8. The highest BCUT2D eigenvalue weighted by molar-refractivity contribution is 6.30. The second kappa shape index (κ2) is 6.25. The molecule has 0 spiro atoms. The number of aliphatic hydroxyl groups excluding tert-OH is 1. The third-order valence-electron chi connectivity index (χ3n) is 4.32. The molecule has 5 heteroatoms. The predicted molar refractivity (Wildman–Crippen MR) is 77.3 cm³/mol. The molecule has 19 heavy (non-hydrogen) atoms. The maximum absolute atomic E-state index is 9.67. The second-order valence-electron chi connectivity index (χ2n) is 5.80. The van der Waals surface area contributed by atoms with E-state index >= 15 is 0 Å². The molecule has 1 fully saturated rings. The van der Waals surface area contributed by atoms with Gasteiger partial charge in [-0.3, -0.25) is 4.68 Å². The van der Waals surface area contributed by atoms with Crippen molar-refractivity contribution in [1.29, 1.82) is 0 Å². The number of aliphatic hydroxyl groups is 1. The van der Waals surface area contributed by atoms with Gasteiger partial charge in [0.2, 0.25) is 0 Å². The van der Waals surface area contributed by atoms with E-state index in [1.165, 1.54) is 19.3 Å². The Balaban J connectivity index is 1.92. The zero-order chi connectivity index (χ0) is 13.9. The molecule has 0 amide bonds. The number of aromatic nitrogens is 2. The number of halogens is 1. The van der Waals surface area contributed by atoms with Crippen molar-refractivity contribution in [3.63, 3.8) is 0 Å². The van der Waals surface area contributed by atoms with Crippen LogP contribution in [-0.2, 0) is 13.6 Å². The molecule has 1 aromatic rings. The standard InChI is InChI=1S/C14H24ClN3O/c1-11-12(13(15)18(2)17-11)8-16-9-14(10-19)6-4-3-5-7-14/h16,19H,3-10H2,1-2H3. The quantitative estimate of drug-likeness (QED) is 0.873. The summed E-state index contributed by atoms with van der Waals surface area (Å²) in [7, 11) is 1.86. The number of nitrogens with zero attached hydrogens (tertiary/aromatic N) is 2. The molecule has 0 radical (unpaired) electrons. The Bertz CT molecular complexity index is 425. The fraction of sp³-hybridized carbons (Fsp3) is 0.786. The number of hydrogen-bond acceptors (Lipinski definition) is 3. The monoisotopic (exact) mass is 285 g/mol. The third kappa shape index (κ3) is 3.30. The molecule has 0 atom stereocenters. The maximum atomic E-state index is 9.67. The zero-order valence-corrected chi connectivity index (χ0v) is 12.6. The van der Waals surface area contributed by atoms with Gasteiger partial charge in [0.05, 0.1) is 5.69 Å². The van der Waals surface area contributed by atoms with Crippen LogP contribution in [0.3, 0.4) is 0 Å². The fourth-order valence-corrected chi connectivity index (χ4v) is 3.26. The van der Waals surface area contributed by atoms with Gasteiger partial charge >= 0.3 is 0 Å². The Labute approximate surface area is 120 Å². The van der Waals surface area contributed by atoms with Crippen molar-refractivity contribution >= 4 is 11.6 Å². The van der Waals surface area contributed by atoms with Crippen LogP contribution in [0.25, 0.3) is 0 Å². The molecule has 0 aliphatic heterocycles. The highest BCUT2D eigenvalue weighted by Gasteiger charge is 2.30. The molecule has 108 valence electrons. The highest BCUT2D eigenvalue weighted by atomic mass is 35.5. The van der Waals surface area contributed by atoms with E-state index in [1.54, 1.807) is 4.68 Å². The van der Waals surface area contributed by atoms with Crippen molar-refractivity contribution in [3.8, 4) is 0 Å². The lowest BCUT2D eigenvalue weighted by Crippen LogP contribution is -2.38. The van der Waals surface area contributed by atoms with Gasteiger partial charge in [-0.05, 0) is 19.8 Å². The molecular formula is C14H24ClN3O. The SMILES string of the molecule is Cc1nn(C)c(Cl)c1CNCC1(CO)CCCCC1. The van der Waals surface area contributed by atoms with E-state index in [4.69, 9.17) is 11.6 Å². The van der Waals surface area contributed by atoms with E-state index in [0.29, 0.717) is 5.15 Å². The third-order valence-corrected chi connectivity index (χ3v) is 4.79. The lowest BCUT2D eigenvalue weighted by molar-refractivity contribution is 0.0810. The lowest BCUT2D eigenvalue weighted by Gasteiger charge is -2.35. The summed E-state index contributed by atoms with van der Waals surface area (Å²) in [4.78, 5) is 0. The molecule has 0 unspecified atom stereocenters. The molecule has 0 saturated heterocycles. The van der Waals surface area contributed by atoms with Crippen molar-refractivity contribution < 1.29 is 5.11 Å². The molecule has 0 aromatic carbocycles. The van der Waals surface area contributed by atoms with Crippen LogP contribution in [0.15, 0.2) is 0 Å². The molecular weight excluding hydrogens is 262 g/mol. The Morgan fingerprint density at radius 3 is 2.58 bits per heavy atom. The lowest BCUT2D eigenvalue weighted by atomic mass is 9.74. The van der Waals surface area contributed by atoms with E-state index in [0.717, 1.165) is 37.2 Å². The first-order chi connectivity index (χ1) is 9.08. The topological polar surface area (TPSA) is 50.1 Å². The summed E-state index contributed by atoms with van der Waals surface area (Å²) in [6.45, 7) is 3.83. The first-order valence-corrected chi connectivity index (χ1v) is 7.45. The average Bonchev–Trinajstić information content (AvgIpc) is 2.66.